The minimum Gasteiger partial charge on any atom is -0.494 e. The third kappa shape index (κ3) is 3.59. The number of nitrogens with zero attached hydrogens (tertiary/aromatic N) is 1. The molecule has 5 heteroatoms. The number of carbonyl (C=O) groups is 1. The first-order valence-corrected chi connectivity index (χ1v) is 8.06. The third-order valence-electron chi connectivity index (χ3n) is 4.76. The van der Waals surface area contributed by atoms with Gasteiger partial charge >= 0.3 is 0 Å². The second-order valence-corrected chi connectivity index (χ2v) is 6.21. The summed E-state index contributed by atoms with van der Waals surface area (Å²) in [5, 5.41) is 0. The highest BCUT2D eigenvalue weighted by atomic mass is 16.5. The summed E-state index contributed by atoms with van der Waals surface area (Å²) in [6, 6.07) is 6.97. The summed E-state index contributed by atoms with van der Waals surface area (Å²) in [4.78, 5) is 13.5. The molecular weight excluding hydrogens is 280 g/mol. The predicted octanol–water partition coefficient (Wildman–Crippen LogP) is 1.81. The average molecular weight is 304 g/mol. The maximum Gasteiger partial charge on any atom is 0.248 e. The van der Waals surface area contributed by atoms with E-state index in [1.165, 1.54) is 19.3 Å². The minimum atomic E-state index is -0.412. The van der Waals surface area contributed by atoms with Gasteiger partial charge in [0.15, 0.2) is 0 Å². The van der Waals surface area contributed by atoms with Gasteiger partial charge in [-0.25, -0.2) is 0 Å². The fraction of sp³-hybridized carbons (Fsp3) is 0.588. The molecule has 1 aromatic carbocycles. The van der Waals surface area contributed by atoms with E-state index >= 15 is 0 Å². The number of ether oxygens (including phenoxy) is 2. The van der Waals surface area contributed by atoms with Crippen LogP contribution in [0.5, 0.6) is 5.75 Å². The van der Waals surface area contributed by atoms with Crippen molar-refractivity contribution in [1.29, 1.82) is 0 Å². The normalized spacial score (nSPS) is 20.5. The summed E-state index contributed by atoms with van der Waals surface area (Å²) < 4.78 is 11.4. The number of piperidine rings is 1. The zero-order valence-corrected chi connectivity index (χ0v) is 12.9. The summed E-state index contributed by atoms with van der Waals surface area (Å²) >= 11 is 0. The van der Waals surface area contributed by atoms with Crippen LogP contribution in [0.2, 0.25) is 0 Å². The number of hydrogen-bond acceptors (Lipinski definition) is 4. The molecule has 0 saturated carbocycles. The van der Waals surface area contributed by atoms with Gasteiger partial charge < -0.3 is 20.1 Å². The zero-order chi connectivity index (χ0) is 15.4. The van der Waals surface area contributed by atoms with Gasteiger partial charge in [-0.1, -0.05) is 0 Å². The average Bonchev–Trinajstić information content (AvgIpc) is 2.51. The van der Waals surface area contributed by atoms with Crippen LogP contribution in [0.1, 0.15) is 36.0 Å². The van der Waals surface area contributed by atoms with E-state index in [0.29, 0.717) is 12.2 Å². The largest absolute Gasteiger partial charge is 0.494 e. The number of amides is 1. The Hall–Kier alpha value is -1.59. The highest BCUT2D eigenvalue weighted by Crippen LogP contribution is 2.36. The molecule has 1 amide bonds. The lowest BCUT2D eigenvalue weighted by molar-refractivity contribution is -0.172. The molecule has 0 aromatic heterocycles. The number of hydrogen-bond donors (Lipinski definition) is 1. The number of rotatable bonds is 6. The van der Waals surface area contributed by atoms with Crippen LogP contribution in [0.4, 0.5) is 0 Å². The van der Waals surface area contributed by atoms with Crippen LogP contribution >= 0.6 is 0 Å². The first kappa shape index (κ1) is 15.3. The molecule has 1 spiro atoms. The topological polar surface area (TPSA) is 64.8 Å². The Morgan fingerprint density at radius 2 is 1.91 bits per heavy atom. The van der Waals surface area contributed by atoms with E-state index in [1.54, 1.807) is 24.3 Å². The quantitative estimate of drug-likeness (QED) is 0.814. The van der Waals surface area contributed by atoms with E-state index in [0.717, 1.165) is 38.4 Å². The lowest BCUT2D eigenvalue weighted by Crippen LogP contribution is -2.52. The highest BCUT2D eigenvalue weighted by molar-refractivity contribution is 5.92. The van der Waals surface area contributed by atoms with Gasteiger partial charge in [0.1, 0.15) is 5.75 Å². The SMILES string of the molecule is NC(=O)c1ccc(OCCCN2CCC3(CCO3)CC2)cc1. The van der Waals surface area contributed by atoms with E-state index in [9.17, 15) is 4.79 Å². The van der Waals surface area contributed by atoms with Gasteiger partial charge in [-0.15, -0.1) is 0 Å². The second-order valence-electron chi connectivity index (χ2n) is 6.21. The molecule has 0 radical (unpaired) electrons. The van der Waals surface area contributed by atoms with Crippen LogP contribution in [-0.4, -0.2) is 49.3 Å². The third-order valence-corrected chi connectivity index (χ3v) is 4.76. The molecule has 120 valence electrons. The van der Waals surface area contributed by atoms with Gasteiger partial charge in [0.25, 0.3) is 0 Å². The van der Waals surface area contributed by atoms with Crippen LogP contribution in [0, 0.1) is 0 Å². The molecule has 2 N–H and O–H groups in total. The molecule has 0 aliphatic carbocycles. The van der Waals surface area contributed by atoms with Gasteiger partial charge in [-0.2, -0.15) is 0 Å². The van der Waals surface area contributed by atoms with Crippen molar-refractivity contribution >= 4 is 5.91 Å². The molecule has 1 aromatic rings. The fourth-order valence-corrected chi connectivity index (χ4v) is 3.16. The lowest BCUT2D eigenvalue weighted by atomic mass is 9.84. The number of likely N-dealkylation sites (tertiary alicyclic amines) is 1. The molecule has 5 nitrogen and oxygen atoms in total. The van der Waals surface area contributed by atoms with Crippen molar-refractivity contribution in [3.63, 3.8) is 0 Å². The van der Waals surface area contributed by atoms with Gasteiger partial charge in [-0.05, 0) is 49.9 Å². The maximum atomic E-state index is 11.0. The number of benzene rings is 1. The molecule has 2 aliphatic rings. The van der Waals surface area contributed by atoms with E-state index in [1.807, 2.05) is 0 Å². The predicted molar refractivity (Wildman–Crippen MR) is 84.0 cm³/mol. The van der Waals surface area contributed by atoms with Crippen molar-refractivity contribution in [3.8, 4) is 5.75 Å². The van der Waals surface area contributed by atoms with Crippen LogP contribution in [-0.2, 0) is 4.74 Å². The Balaban J connectivity index is 1.33. The molecule has 2 saturated heterocycles. The van der Waals surface area contributed by atoms with E-state index in [2.05, 4.69) is 4.90 Å². The summed E-state index contributed by atoms with van der Waals surface area (Å²) in [5.41, 5.74) is 5.95. The Bertz CT molecular complexity index is 501. The molecule has 0 unspecified atom stereocenters. The summed E-state index contributed by atoms with van der Waals surface area (Å²) in [6.45, 7) is 4.96. The maximum absolute atomic E-state index is 11.0. The Morgan fingerprint density at radius 1 is 1.23 bits per heavy atom. The molecule has 3 rings (SSSR count). The summed E-state index contributed by atoms with van der Waals surface area (Å²) in [6.07, 6.45) is 4.58. The van der Waals surface area contributed by atoms with Gasteiger partial charge in [0.2, 0.25) is 5.91 Å². The molecule has 2 aliphatic heterocycles. The van der Waals surface area contributed by atoms with Crippen LogP contribution in [0.3, 0.4) is 0 Å². The van der Waals surface area contributed by atoms with Crippen molar-refractivity contribution in [2.45, 2.75) is 31.3 Å². The van der Waals surface area contributed by atoms with Gasteiger partial charge in [0.05, 0.1) is 18.8 Å². The van der Waals surface area contributed by atoms with Crippen molar-refractivity contribution in [2.24, 2.45) is 5.73 Å². The minimum absolute atomic E-state index is 0.231. The van der Waals surface area contributed by atoms with Crippen molar-refractivity contribution < 1.29 is 14.3 Å². The number of nitrogens with two attached hydrogens (primary N) is 1. The molecule has 22 heavy (non-hydrogen) atoms. The number of carbonyl (C=O) groups excluding carboxylic acids is 1. The molecule has 2 fully saturated rings. The van der Waals surface area contributed by atoms with Crippen molar-refractivity contribution in [3.05, 3.63) is 29.8 Å². The van der Waals surface area contributed by atoms with Gasteiger partial charge in [-0.3, -0.25) is 4.79 Å². The molecule has 0 bridgehead atoms. The smallest absolute Gasteiger partial charge is 0.248 e. The number of primary amides is 1. The second kappa shape index (κ2) is 6.67. The van der Waals surface area contributed by atoms with Crippen LogP contribution in [0.25, 0.3) is 0 Å². The lowest BCUT2D eigenvalue weighted by Gasteiger charge is -2.47. The van der Waals surface area contributed by atoms with Crippen molar-refractivity contribution in [1.82, 2.24) is 4.90 Å². The zero-order valence-electron chi connectivity index (χ0n) is 12.9. The molecule has 0 atom stereocenters. The monoisotopic (exact) mass is 304 g/mol. The van der Waals surface area contributed by atoms with Gasteiger partial charge in [0, 0.05) is 25.2 Å². The molecular formula is C17H24N2O3. The van der Waals surface area contributed by atoms with E-state index < -0.39 is 5.91 Å². The fourth-order valence-electron chi connectivity index (χ4n) is 3.16. The Kier molecular flexibility index (Phi) is 4.64. The van der Waals surface area contributed by atoms with E-state index in [4.69, 9.17) is 15.2 Å². The first-order valence-electron chi connectivity index (χ1n) is 8.06. The summed E-state index contributed by atoms with van der Waals surface area (Å²) in [7, 11) is 0. The van der Waals surface area contributed by atoms with Crippen LogP contribution in [0.15, 0.2) is 24.3 Å². The van der Waals surface area contributed by atoms with Crippen molar-refractivity contribution in [2.75, 3.05) is 32.8 Å². The Morgan fingerprint density at radius 3 is 2.45 bits per heavy atom. The van der Waals surface area contributed by atoms with Crippen LogP contribution < -0.4 is 10.5 Å². The molecule has 2 heterocycles. The first-order chi connectivity index (χ1) is 10.7. The van der Waals surface area contributed by atoms with E-state index in [-0.39, 0.29) is 5.60 Å². The summed E-state index contributed by atoms with van der Waals surface area (Å²) in [5.74, 6) is 0.371. The standard InChI is InChI=1S/C17H24N2O3/c18-16(20)14-2-4-15(5-3-14)21-12-1-9-19-10-6-17(7-11-19)8-13-22-17/h2-5H,1,6-13H2,(H2,18,20). The Labute approximate surface area is 131 Å². The highest BCUT2D eigenvalue weighted by Gasteiger charge is 2.40.